The first-order valence-corrected chi connectivity index (χ1v) is 11.0. The smallest absolute Gasteiger partial charge is 0.341 e. The molecule has 37 heavy (non-hydrogen) atoms. The van der Waals surface area contributed by atoms with Crippen LogP contribution in [0.25, 0.3) is 22.3 Å². The van der Waals surface area contributed by atoms with E-state index in [-0.39, 0.29) is 39.9 Å². The van der Waals surface area contributed by atoms with Gasteiger partial charge < -0.3 is 33.8 Å². The van der Waals surface area contributed by atoms with Gasteiger partial charge >= 0.3 is 5.97 Å². The summed E-state index contributed by atoms with van der Waals surface area (Å²) < 4.78 is 27.3. The summed E-state index contributed by atoms with van der Waals surface area (Å²) in [6.07, 6.45) is 0. The van der Waals surface area contributed by atoms with Gasteiger partial charge in [0.1, 0.15) is 22.5 Å². The molecule has 0 unspecified atom stereocenters. The molecule has 0 aliphatic carbocycles. The zero-order valence-corrected chi connectivity index (χ0v) is 20.2. The minimum atomic E-state index is -1.23. The number of carboxylic acids is 1. The van der Waals surface area contributed by atoms with E-state index in [1.54, 1.807) is 48.5 Å². The Kier molecular flexibility index (Phi) is 7.28. The van der Waals surface area contributed by atoms with Crippen LogP contribution in [0.4, 0.5) is 5.69 Å². The third kappa shape index (κ3) is 5.18. The first-order valence-electron chi connectivity index (χ1n) is 11.0. The predicted molar refractivity (Wildman–Crippen MR) is 135 cm³/mol. The number of hydrogen-bond donors (Lipinski definition) is 2. The molecule has 4 rings (SSSR count). The molecule has 0 fully saturated rings. The lowest BCUT2D eigenvalue weighted by Crippen LogP contribution is -2.13. The Morgan fingerprint density at radius 2 is 1.65 bits per heavy atom. The zero-order chi connectivity index (χ0) is 26.5. The van der Waals surface area contributed by atoms with E-state index in [4.69, 9.17) is 28.5 Å². The maximum Gasteiger partial charge on any atom is 0.341 e. The number of carbonyl (C=O) groups excluding carboxylic acids is 1. The topological polar surface area (TPSA) is 134 Å². The van der Waals surface area contributed by atoms with Gasteiger partial charge in [0.25, 0.3) is 5.91 Å². The normalized spacial score (nSPS) is 10.6. The van der Waals surface area contributed by atoms with Crippen molar-refractivity contribution in [1.29, 1.82) is 0 Å². The van der Waals surface area contributed by atoms with Crippen molar-refractivity contribution in [2.75, 3.05) is 33.3 Å². The van der Waals surface area contributed by atoms with Gasteiger partial charge in [-0.15, -0.1) is 0 Å². The average Bonchev–Trinajstić information content (AvgIpc) is 2.90. The molecule has 0 saturated heterocycles. The van der Waals surface area contributed by atoms with E-state index in [9.17, 15) is 14.4 Å². The van der Waals surface area contributed by atoms with E-state index in [2.05, 4.69) is 5.32 Å². The summed E-state index contributed by atoms with van der Waals surface area (Å²) in [6, 6.07) is 16.3. The maximum absolute atomic E-state index is 13.2. The lowest BCUT2D eigenvalue weighted by molar-refractivity contribution is -0.139. The first-order chi connectivity index (χ1) is 17.9. The number of para-hydroxylation sites is 1. The molecule has 3 aromatic carbocycles. The van der Waals surface area contributed by atoms with E-state index >= 15 is 0 Å². The fraction of sp³-hybridized carbons (Fsp3) is 0.148. The summed E-state index contributed by atoms with van der Waals surface area (Å²) in [4.78, 5) is 37.0. The third-order valence-corrected chi connectivity index (χ3v) is 5.41. The van der Waals surface area contributed by atoms with Gasteiger partial charge in [-0.2, -0.15) is 0 Å². The second kappa shape index (κ2) is 10.7. The number of fused-ring (bicyclic) bond motifs is 1. The summed E-state index contributed by atoms with van der Waals surface area (Å²) in [7, 11) is 4.22. The highest BCUT2D eigenvalue weighted by molar-refractivity contribution is 6.06. The molecule has 0 atom stereocenters. The van der Waals surface area contributed by atoms with Gasteiger partial charge in [-0.1, -0.05) is 24.3 Å². The minimum Gasteiger partial charge on any atom is -0.496 e. The van der Waals surface area contributed by atoms with Crippen LogP contribution in [0.3, 0.4) is 0 Å². The van der Waals surface area contributed by atoms with E-state index in [1.807, 2.05) is 0 Å². The van der Waals surface area contributed by atoms with Crippen molar-refractivity contribution in [1.82, 2.24) is 0 Å². The van der Waals surface area contributed by atoms with Crippen molar-refractivity contribution in [3.05, 3.63) is 76.5 Å². The number of ether oxygens (including phenoxy) is 4. The largest absolute Gasteiger partial charge is 0.496 e. The summed E-state index contributed by atoms with van der Waals surface area (Å²) in [5.41, 5.74) is 0.959. The van der Waals surface area contributed by atoms with Crippen molar-refractivity contribution in [2.45, 2.75) is 0 Å². The molecular formula is C27H23NO9. The number of nitrogens with one attached hydrogen (secondary N) is 1. The number of carboxylic acid groups (broad SMARTS) is 1. The second-order valence-corrected chi connectivity index (χ2v) is 7.71. The second-order valence-electron chi connectivity index (χ2n) is 7.71. The summed E-state index contributed by atoms with van der Waals surface area (Å²) in [5.74, 6) is -0.801. The Balaban J connectivity index is 1.75. The van der Waals surface area contributed by atoms with Gasteiger partial charge in [0.15, 0.2) is 23.5 Å². The molecule has 1 aromatic heterocycles. The monoisotopic (exact) mass is 505 g/mol. The molecule has 190 valence electrons. The average molecular weight is 505 g/mol. The van der Waals surface area contributed by atoms with Crippen LogP contribution < -0.4 is 29.7 Å². The molecule has 0 saturated carbocycles. The van der Waals surface area contributed by atoms with Crippen LogP contribution in [0, 0.1) is 0 Å². The summed E-state index contributed by atoms with van der Waals surface area (Å²) in [5, 5.41) is 11.9. The van der Waals surface area contributed by atoms with E-state index in [0.29, 0.717) is 22.6 Å². The molecule has 4 aromatic rings. The molecule has 0 bridgehead atoms. The van der Waals surface area contributed by atoms with E-state index < -0.39 is 18.0 Å². The van der Waals surface area contributed by atoms with E-state index in [0.717, 1.165) is 0 Å². The number of methoxy groups -OCH3 is 3. The van der Waals surface area contributed by atoms with Crippen molar-refractivity contribution in [3.63, 3.8) is 0 Å². The molecular weight excluding hydrogens is 482 g/mol. The molecule has 1 amide bonds. The Labute approximate surface area is 211 Å². The van der Waals surface area contributed by atoms with Gasteiger partial charge in [0, 0.05) is 23.4 Å². The van der Waals surface area contributed by atoms with Crippen LogP contribution in [0.15, 0.2) is 69.9 Å². The fourth-order valence-electron chi connectivity index (χ4n) is 3.79. The molecule has 0 aliphatic rings. The Morgan fingerprint density at radius 1 is 0.892 bits per heavy atom. The van der Waals surface area contributed by atoms with Crippen LogP contribution in [-0.4, -0.2) is 44.9 Å². The summed E-state index contributed by atoms with van der Waals surface area (Å²) >= 11 is 0. The van der Waals surface area contributed by atoms with Crippen molar-refractivity contribution in [3.8, 4) is 34.3 Å². The maximum atomic E-state index is 13.2. The molecule has 1 heterocycles. The highest BCUT2D eigenvalue weighted by Gasteiger charge is 2.22. The van der Waals surface area contributed by atoms with Gasteiger partial charge in [0.05, 0.1) is 26.9 Å². The number of rotatable bonds is 9. The molecule has 0 radical (unpaired) electrons. The zero-order valence-electron chi connectivity index (χ0n) is 20.2. The number of anilines is 1. The highest BCUT2D eigenvalue weighted by atomic mass is 16.5. The lowest BCUT2D eigenvalue weighted by atomic mass is 10.1. The lowest BCUT2D eigenvalue weighted by Gasteiger charge is -2.15. The third-order valence-electron chi connectivity index (χ3n) is 5.41. The van der Waals surface area contributed by atoms with Gasteiger partial charge in [-0.3, -0.25) is 9.59 Å². The van der Waals surface area contributed by atoms with Crippen LogP contribution in [-0.2, 0) is 4.79 Å². The number of aliphatic carboxylic acids is 1. The standard InChI is InChI=1S/C27H23NO9/c1-33-19-10-5-4-9-17(19)27(32)28-16-8-6-7-15(11-16)20-12-18(29)24-21(37-20)13-22(34-2)25(35-3)26(24)36-14-23(30)31/h4-13H,14H2,1-3H3,(H,28,32)(H,30,31). The number of amides is 1. The van der Waals surface area contributed by atoms with Crippen LogP contribution in [0.5, 0.6) is 23.0 Å². The minimum absolute atomic E-state index is 0.00304. The number of carbonyl (C=O) groups is 2. The van der Waals surface area contributed by atoms with Crippen LogP contribution in [0.2, 0.25) is 0 Å². The molecule has 10 nitrogen and oxygen atoms in total. The fourth-order valence-corrected chi connectivity index (χ4v) is 3.79. The molecule has 0 aliphatic heterocycles. The quantitative estimate of drug-likeness (QED) is 0.343. The summed E-state index contributed by atoms with van der Waals surface area (Å²) in [6.45, 7) is -0.701. The Morgan fingerprint density at radius 3 is 2.35 bits per heavy atom. The SMILES string of the molecule is COc1ccccc1C(=O)Nc1cccc(-c2cc(=O)c3c(OCC(=O)O)c(OC)c(OC)cc3o2)c1. The first kappa shape index (κ1) is 25.1. The van der Waals surface area contributed by atoms with Gasteiger partial charge in [0.2, 0.25) is 5.75 Å². The van der Waals surface area contributed by atoms with Crippen LogP contribution >= 0.6 is 0 Å². The Bertz CT molecular complexity index is 1540. The van der Waals surface area contributed by atoms with Crippen molar-refractivity contribution >= 4 is 28.5 Å². The highest BCUT2D eigenvalue weighted by Crippen LogP contribution is 2.43. The molecule has 0 spiro atoms. The van der Waals surface area contributed by atoms with Crippen molar-refractivity contribution in [2.24, 2.45) is 0 Å². The van der Waals surface area contributed by atoms with Gasteiger partial charge in [-0.25, -0.2) is 4.79 Å². The van der Waals surface area contributed by atoms with Crippen LogP contribution in [0.1, 0.15) is 10.4 Å². The molecule has 10 heteroatoms. The van der Waals surface area contributed by atoms with Gasteiger partial charge in [-0.05, 0) is 24.3 Å². The molecule has 2 N–H and O–H groups in total. The number of benzene rings is 3. The Hall–Kier alpha value is -4.99. The number of hydrogen-bond acceptors (Lipinski definition) is 8. The van der Waals surface area contributed by atoms with Crippen molar-refractivity contribution < 1.29 is 38.1 Å². The van der Waals surface area contributed by atoms with E-state index in [1.165, 1.54) is 33.5 Å². The predicted octanol–water partition coefficient (Wildman–Crippen LogP) is 4.20.